The number of nitrogens with zero attached hydrogens (tertiary/aromatic N) is 1. The van der Waals surface area contributed by atoms with Gasteiger partial charge in [-0.1, -0.05) is 0 Å². The van der Waals surface area contributed by atoms with Crippen molar-refractivity contribution in [3.05, 3.63) is 24.3 Å². The molecular weight excluding hydrogens is 294 g/mol. The molecule has 0 radical (unpaired) electrons. The van der Waals surface area contributed by atoms with E-state index in [9.17, 15) is 14.4 Å². The normalized spacial score (nSPS) is 10.8. The summed E-state index contributed by atoms with van der Waals surface area (Å²) in [5, 5.41) is 5.54. The lowest BCUT2D eigenvalue weighted by Crippen LogP contribution is -2.42. The highest BCUT2D eigenvalue weighted by molar-refractivity contribution is 5.93. The maximum atomic E-state index is 11.9. The number of carbonyl (C=O) groups is 3. The second kappa shape index (κ2) is 7.76. The second-order valence-electron chi connectivity index (χ2n) is 6.45. The van der Waals surface area contributed by atoms with Crippen LogP contribution >= 0.6 is 0 Å². The van der Waals surface area contributed by atoms with Crippen molar-refractivity contribution in [3.63, 3.8) is 0 Å². The Bertz CT molecular complexity index is 574. The molecule has 0 aliphatic carbocycles. The molecule has 0 spiro atoms. The monoisotopic (exact) mass is 319 g/mol. The van der Waals surface area contributed by atoms with Crippen LogP contribution in [0.1, 0.15) is 41.0 Å². The molecule has 0 saturated heterocycles. The third kappa shape index (κ3) is 6.95. The van der Waals surface area contributed by atoms with Crippen molar-refractivity contribution in [2.75, 3.05) is 16.8 Å². The predicted molar refractivity (Wildman–Crippen MR) is 91.3 cm³/mol. The van der Waals surface area contributed by atoms with Crippen molar-refractivity contribution in [2.24, 2.45) is 0 Å². The van der Waals surface area contributed by atoms with Crippen LogP contribution in [0.25, 0.3) is 0 Å². The van der Waals surface area contributed by atoms with Crippen LogP contribution in [0.2, 0.25) is 0 Å². The van der Waals surface area contributed by atoms with Crippen LogP contribution in [0.15, 0.2) is 24.3 Å². The molecule has 126 valence electrons. The van der Waals surface area contributed by atoms with Gasteiger partial charge in [-0.25, -0.2) is 0 Å². The summed E-state index contributed by atoms with van der Waals surface area (Å²) in [6, 6.07) is 6.94. The molecule has 23 heavy (non-hydrogen) atoms. The lowest BCUT2D eigenvalue weighted by molar-refractivity contribution is -0.122. The number of rotatable bonds is 5. The van der Waals surface area contributed by atoms with Gasteiger partial charge in [-0.2, -0.15) is 0 Å². The van der Waals surface area contributed by atoms with E-state index in [4.69, 9.17) is 0 Å². The summed E-state index contributed by atoms with van der Waals surface area (Å²) in [6.45, 7) is 8.93. The van der Waals surface area contributed by atoms with E-state index in [0.29, 0.717) is 17.9 Å². The quantitative estimate of drug-likeness (QED) is 0.874. The molecule has 3 amide bonds. The zero-order chi connectivity index (χ0) is 17.6. The molecule has 0 aromatic heterocycles. The van der Waals surface area contributed by atoms with Crippen molar-refractivity contribution < 1.29 is 14.4 Å². The Morgan fingerprint density at radius 1 is 1.04 bits per heavy atom. The molecule has 1 aromatic carbocycles. The highest BCUT2D eigenvalue weighted by Gasteiger charge is 2.17. The molecule has 0 fully saturated rings. The van der Waals surface area contributed by atoms with Gasteiger partial charge in [0.1, 0.15) is 0 Å². The molecule has 1 rings (SSSR count). The van der Waals surface area contributed by atoms with E-state index >= 15 is 0 Å². The maximum absolute atomic E-state index is 11.9. The standard InChI is InChI=1S/C17H25N3O3/c1-12(21)18-14-6-8-15(9-7-14)20(13(2)22)11-10-16(23)19-17(3,4)5/h6-9H,10-11H2,1-5H3,(H,18,21)(H,19,23). The molecule has 0 aliphatic heterocycles. The summed E-state index contributed by atoms with van der Waals surface area (Å²) >= 11 is 0. The zero-order valence-electron chi connectivity index (χ0n) is 14.4. The predicted octanol–water partition coefficient (Wildman–Crippen LogP) is 2.30. The molecule has 1 aromatic rings. The summed E-state index contributed by atoms with van der Waals surface area (Å²) in [5.74, 6) is -0.389. The largest absolute Gasteiger partial charge is 0.351 e. The minimum Gasteiger partial charge on any atom is -0.351 e. The van der Waals surface area contributed by atoms with Gasteiger partial charge in [-0.3, -0.25) is 14.4 Å². The Morgan fingerprint density at radius 3 is 2.04 bits per heavy atom. The van der Waals surface area contributed by atoms with E-state index in [-0.39, 0.29) is 29.7 Å². The van der Waals surface area contributed by atoms with Gasteiger partial charge in [0.25, 0.3) is 0 Å². The second-order valence-corrected chi connectivity index (χ2v) is 6.45. The van der Waals surface area contributed by atoms with E-state index in [1.807, 2.05) is 20.8 Å². The lowest BCUT2D eigenvalue weighted by atomic mass is 10.1. The van der Waals surface area contributed by atoms with Crippen LogP contribution in [-0.2, 0) is 14.4 Å². The summed E-state index contributed by atoms with van der Waals surface area (Å²) in [6.07, 6.45) is 0.226. The third-order valence-corrected chi connectivity index (χ3v) is 2.96. The summed E-state index contributed by atoms with van der Waals surface area (Å²) in [7, 11) is 0. The first-order valence-corrected chi connectivity index (χ1v) is 7.55. The first-order valence-electron chi connectivity index (χ1n) is 7.55. The molecular formula is C17H25N3O3. The average Bonchev–Trinajstić information content (AvgIpc) is 2.37. The van der Waals surface area contributed by atoms with Gasteiger partial charge in [-0.05, 0) is 45.0 Å². The van der Waals surface area contributed by atoms with Gasteiger partial charge in [0.2, 0.25) is 17.7 Å². The number of nitrogens with one attached hydrogen (secondary N) is 2. The minimum atomic E-state index is -0.294. The maximum Gasteiger partial charge on any atom is 0.223 e. The van der Waals surface area contributed by atoms with E-state index < -0.39 is 0 Å². The Balaban J connectivity index is 2.73. The molecule has 0 unspecified atom stereocenters. The lowest BCUT2D eigenvalue weighted by Gasteiger charge is -2.24. The highest BCUT2D eigenvalue weighted by Crippen LogP contribution is 2.18. The molecule has 0 saturated carbocycles. The van der Waals surface area contributed by atoms with Crippen LogP contribution in [0.3, 0.4) is 0 Å². The topological polar surface area (TPSA) is 78.5 Å². The number of hydrogen-bond donors (Lipinski definition) is 2. The van der Waals surface area contributed by atoms with E-state index in [1.54, 1.807) is 29.2 Å². The zero-order valence-corrected chi connectivity index (χ0v) is 14.4. The minimum absolute atomic E-state index is 0.0985. The number of carbonyl (C=O) groups excluding carboxylic acids is 3. The van der Waals surface area contributed by atoms with Crippen LogP contribution in [-0.4, -0.2) is 29.8 Å². The van der Waals surface area contributed by atoms with Gasteiger partial charge < -0.3 is 15.5 Å². The fourth-order valence-electron chi connectivity index (χ4n) is 2.09. The fourth-order valence-corrected chi connectivity index (χ4v) is 2.09. The third-order valence-electron chi connectivity index (χ3n) is 2.96. The fraction of sp³-hybridized carbons (Fsp3) is 0.471. The van der Waals surface area contributed by atoms with Crippen LogP contribution in [0, 0.1) is 0 Å². The highest BCUT2D eigenvalue weighted by atomic mass is 16.2. The Hall–Kier alpha value is -2.37. The Labute approximate surface area is 137 Å². The van der Waals surface area contributed by atoms with Gasteiger partial charge in [0, 0.05) is 43.7 Å². The van der Waals surface area contributed by atoms with E-state index in [2.05, 4.69) is 10.6 Å². The van der Waals surface area contributed by atoms with Crippen molar-refractivity contribution >= 4 is 29.1 Å². The molecule has 2 N–H and O–H groups in total. The molecule has 0 bridgehead atoms. The SMILES string of the molecule is CC(=O)Nc1ccc(N(CCC(=O)NC(C)(C)C)C(C)=O)cc1. The van der Waals surface area contributed by atoms with Crippen molar-refractivity contribution in [2.45, 2.75) is 46.6 Å². The van der Waals surface area contributed by atoms with Crippen molar-refractivity contribution in [1.82, 2.24) is 5.32 Å². The van der Waals surface area contributed by atoms with Crippen LogP contribution in [0.5, 0.6) is 0 Å². The number of amides is 3. The summed E-state index contributed by atoms with van der Waals surface area (Å²) in [4.78, 5) is 36.3. The first kappa shape index (κ1) is 18.7. The van der Waals surface area contributed by atoms with Gasteiger partial charge in [-0.15, -0.1) is 0 Å². The Kier molecular flexibility index (Phi) is 6.30. The molecule has 0 aliphatic rings. The van der Waals surface area contributed by atoms with Crippen LogP contribution in [0.4, 0.5) is 11.4 Å². The molecule has 0 heterocycles. The first-order chi connectivity index (χ1) is 10.6. The van der Waals surface area contributed by atoms with Gasteiger partial charge in [0.05, 0.1) is 0 Å². The van der Waals surface area contributed by atoms with Crippen molar-refractivity contribution in [3.8, 4) is 0 Å². The van der Waals surface area contributed by atoms with E-state index in [0.717, 1.165) is 0 Å². The summed E-state index contributed by atoms with van der Waals surface area (Å²) < 4.78 is 0. The molecule has 6 nitrogen and oxygen atoms in total. The number of hydrogen-bond acceptors (Lipinski definition) is 3. The van der Waals surface area contributed by atoms with Gasteiger partial charge >= 0.3 is 0 Å². The smallest absolute Gasteiger partial charge is 0.223 e. The number of anilines is 2. The van der Waals surface area contributed by atoms with Gasteiger partial charge in [0.15, 0.2) is 0 Å². The number of benzene rings is 1. The molecule has 0 atom stereocenters. The Morgan fingerprint density at radius 2 is 1.61 bits per heavy atom. The summed E-state index contributed by atoms with van der Waals surface area (Å²) in [5.41, 5.74) is 1.06. The van der Waals surface area contributed by atoms with E-state index in [1.165, 1.54) is 13.8 Å². The van der Waals surface area contributed by atoms with Crippen LogP contribution < -0.4 is 15.5 Å². The van der Waals surface area contributed by atoms with Crippen molar-refractivity contribution in [1.29, 1.82) is 0 Å². The average molecular weight is 319 g/mol. The molecule has 6 heteroatoms.